The number of nitrogens with zero attached hydrogens (tertiary/aromatic N) is 1. The first kappa shape index (κ1) is 12.6. The maximum atomic E-state index is 11.1. The van der Waals surface area contributed by atoms with Crippen LogP contribution in [-0.4, -0.2) is 42.6 Å². The normalized spacial score (nSPS) is 13.6. The average molecular weight is 248 g/mol. The molecule has 0 spiro atoms. The molecule has 4 N–H and O–H groups in total. The zero-order valence-corrected chi connectivity index (χ0v) is 9.28. The van der Waals surface area contributed by atoms with E-state index in [4.69, 9.17) is 5.11 Å². The van der Waals surface area contributed by atoms with E-state index in [2.05, 4.69) is 9.97 Å². The lowest BCUT2D eigenvalue weighted by molar-refractivity contribution is -0.138. The highest BCUT2D eigenvalue weighted by Crippen LogP contribution is 1.99. The van der Waals surface area contributed by atoms with Crippen LogP contribution in [0.3, 0.4) is 0 Å². The fraction of sp³-hybridized carbons (Fsp3) is 0.429. The van der Waals surface area contributed by atoms with Crippen molar-refractivity contribution in [3.8, 4) is 0 Å². The van der Waals surface area contributed by atoms with Crippen LogP contribution < -0.4 is 9.44 Å². The van der Waals surface area contributed by atoms with Crippen LogP contribution in [0.1, 0.15) is 5.69 Å². The van der Waals surface area contributed by atoms with Crippen molar-refractivity contribution in [1.29, 1.82) is 0 Å². The lowest BCUT2D eigenvalue weighted by Gasteiger charge is -2.12. The Bertz CT molecular complexity index is 441. The van der Waals surface area contributed by atoms with Gasteiger partial charge in [-0.15, -0.1) is 0 Å². The van der Waals surface area contributed by atoms with Gasteiger partial charge < -0.3 is 10.1 Å². The van der Waals surface area contributed by atoms with Gasteiger partial charge >= 0.3 is 5.97 Å². The van der Waals surface area contributed by atoms with Gasteiger partial charge in [0.1, 0.15) is 6.04 Å². The van der Waals surface area contributed by atoms with Crippen molar-refractivity contribution in [2.75, 3.05) is 7.05 Å². The summed E-state index contributed by atoms with van der Waals surface area (Å²) in [5, 5.41) is 8.84. The molecule has 0 aliphatic rings. The summed E-state index contributed by atoms with van der Waals surface area (Å²) in [6.07, 6.45) is 2.82. The number of rotatable bonds is 6. The standard InChI is InChI=1S/C7H12N4O4S/c1-8-16(14,15)11-6(7(12)13)2-5-3-9-4-10-5/h3-4,6,8,11H,2H2,1H3,(H,9,10)(H,12,13)/t6-/m1/s1. The van der Waals surface area contributed by atoms with Crippen LogP contribution in [-0.2, 0) is 21.4 Å². The second kappa shape index (κ2) is 5.05. The fourth-order valence-corrected chi connectivity index (χ4v) is 1.72. The van der Waals surface area contributed by atoms with E-state index in [9.17, 15) is 13.2 Å². The molecule has 0 unspecified atom stereocenters. The molecule has 0 bridgehead atoms. The fourth-order valence-electron chi connectivity index (χ4n) is 1.04. The van der Waals surface area contributed by atoms with Crippen molar-refractivity contribution >= 4 is 16.2 Å². The highest BCUT2D eigenvalue weighted by Gasteiger charge is 2.23. The van der Waals surface area contributed by atoms with Crippen molar-refractivity contribution in [3.63, 3.8) is 0 Å². The van der Waals surface area contributed by atoms with Crippen LogP contribution in [0, 0.1) is 0 Å². The summed E-state index contributed by atoms with van der Waals surface area (Å²) in [4.78, 5) is 17.2. The van der Waals surface area contributed by atoms with E-state index in [1.54, 1.807) is 0 Å². The molecule has 1 atom stereocenters. The number of carbonyl (C=O) groups is 1. The molecule has 0 fully saturated rings. The van der Waals surface area contributed by atoms with Crippen LogP contribution >= 0.6 is 0 Å². The maximum Gasteiger partial charge on any atom is 0.322 e. The van der Waals surface area contributed by atoms with Crippen LogP contribution in [0.2, 0.25) is 0 Å². The first-order valence-corrected chi connectivity index (χ1v) is 5.84. The molecule has 0 aliphatic carbocycles. The predicted molar refractivity (Wildman–Crippen MR) is 54.8 cm³/mol. The smallest absolute Gasteiger partial charge is 0.322 e. The maximum absolute atomic E-state index is 11.1. The Hall–Kier alpha value is -1.45. The minimum absolute atomic E-state index is 0.00373. The second-order valence-corrected chi connectivity index (χ2v) is 4.65. The van der Waals surface area contributed by atoms with Gasteiger partial charge in [0.25, 0.3) is 10.2 Å². The number of carboxylic acid groups (broad SMARTS) is 1. The molecule has 0 aromatic carbocycles. The third-order valence-electron chi connectivity index (χ3n) is 1.84. The molecule has 0 amide bonds. The Morgan fingerprint density at radius 3 is 2.81 bits per heavy atom. The summed E-state index contributed by atoms with van der Waals surface area (Å²) < 4.78 is 26.2. The predicted octanol–water partition coefficient (Wildman–Crippen LogP) is -1.54. The quantitative estimate of drug-likeness (QED) is 0.485. The molecule has 0 saturated heterocycles. The average Bonchev–Trinajstić information content (AvgIpc) is 2.69. The molecule has 0 aliphatic heterocycles. The summed E-state index contributed by atoms with van der Waals surface area (Å²) in [6, 6.07) is -1.24. The SMILES string of the molecule is CNS(=O)(=O)N[C@H](Cc1cnc[nH]1)C(=O)O. The molecule has 8 nitrogen and oxygen atoms in total. The van der Waals surface area contributed by atoms with Gasteiger partial charge in [0.05, 0.1) is 6.33 Å². The van der Waals surface area contributed by atoms with E-state index in [1.807, 2.05) is 9.44 Å². The van der Waals surface area contributed by atoms with Crippen molar-refractivity contribution in [2.45, 2.75) is 12.5 Å². The number of hydrogen-bond donors (Lipinski definition) is 4. The minimum atomic E-state index is -3.78. The van der Waals surface area contributed by atoms with Crippen LogP contribution in [0.15, 0.2) is 12.5 Å². The summed E-state index contributed by atoms with van der Waals surface area (Å²) in [5.74, 6) is -1.26. The van der Waals surface area contributed by atoms with Gasteiger partial charge in [-0.3, -0.25) is 4.79 Å². The zero-order valence-electron chi connectivity index (χ0n) is 8.47. The lowest BCUT2D eigenvalue weighted by Crippen LogP contribution is -2.46. The molecule has 9 heteroatoms. The highest BCUT2D eigenvalue weighted by atomic mass is 32.2. The molecular weight excluding hydrogens is 236 g/mol. The summed E-state index contributed by atoms with van der Waals surface area (Å²) >= 11 is 0. The molecule has 16 heavy (non-hydrogen) atoms. The Balaban J connectivity index is 2.73. The Morgan fingerprint density at radius 1 is 1.69 bits per heavy atom. The van der Waals surface area contributed by atoms with E-state index < -0.39 is 22.2 Å². The molecule has 0 radical (unpaired) electrons. The number of carboxylic acids is 1. The molecule has 0 saturated carbocycles. The number of aromatic nitrogens is 2. The minimum Gasteiger partial charge on any atom is -0.480 e. The van der Waals surface area contributed by atoms with E-state index in [0.717, 1.165) is 0 Å². The Kier molecular flexibility index (Phi) is 3.99. The number of aromatic amines is 1. The molecular formula is C7H12N4O4S. The van der Waals surface area contributed by atoms with Gasteiger partial charge in [-0.1, -0.05) is 0 Å². The van der Waals surface area contributed by atoms with Gasteiger partial charge in [-0.2, -0.15) is 13.1 Å². The van der Waals surface area contributed by atoms with Crippen LogP contribution in [0.5, 0.6) is 0 Å². The van der Waals surface area contributed by atoms with Crippen molar-refractivity contribution in [1.82, 2.24) is 19.4 Å². The topological polar surface area (TPSA) is 124 Å². The number of imidazole rings is 1. The van der Waals surface area contributed by atoms with E-state index >= 15 is 0 Å². The van der Waals surface area contributed by atoms with Crippen molar-refractivity contribution < 1.29 is 18.3 Å². The Morgan fingerprint density at radius 2 is 2.38 bits per heavy atom. The van der Waals surface area contributed by atoms with Gasteiger partial charge in [-0.05, 0) is 0 Å². The zero-order chi connectivity index (χ0) is 12.2. The number of nitrogens with one attached hydrogen (secondary N) is 3. The van der Waals surface area contributed by atoms with Crippen molar-refractivity contribution in [3.05, 3.63) is 18.2 Å². The first-order chi connectivity index (χ1) is 7.44. The summed E-state index contributed by atoms with van der Waals surface area (Å²) in [5.41, 5.74) is 0.534. The molecule has 90 valence electrons. The van der Waals surface area contributed by atoms with Crippen molar-refractivity contribution in [2.24, 2.45) is 0 Å². The number of H-pyrrole nitrogens is 1. The second-order valence-electron chi connectivity index (χ2n) is 3.00. The first-order valence-electron chi connectivity index (χ1n) is 4.35. The van der Waals surface area contributed by atoms with Gasteiger partial charge in [0.15, 0.2) is 0 Å². The number of aliphatic carboxylic acids is 1. The third-order valence-corrected chi connectivity index (χ3v) is 2.98. The molecule has 1 aromatic rings. The van der Waals surface area contributed by atoms with E-state index in [0.29, 0.717) is 5.69 Å². The lowest BCUT2D eigenvalue weighted by atomic mass is 10.2. The van der Waals surface area contributed by atoms with Gasteiger partial charge in [0.2, 0.25) is 0 Å². The molecule has 1 heterocycles. The monoisotopic (exact) mass is 248 g/mol. The van der Waals surface area contributed by atoms with E-state index in [1.165, 1.54) is 19.6 Å². The third kappa shape index (κ3) is 3.61. The largest absolute Gasteiger partial charge is 0.480 e. The van der Waals surface area contributed by atoms with Crippen LogP contribution in [0.4, 0.5) is 0 Å². The van der Waals surface area contributed by atoms with Gasteiger partial charge in [-0.25, -0.2) is 9.71 Å². The number of hydrogen-bond acceptors (Lipinski definition) is 4. The summed E-state index contributed by atoms with van der Waals surface area (Å²) in [7, 11) is -2.59. The molecule has 1 aromatic heterocycles. The Labute approximate surface area is 92.3 Å². The van der Waals surface area contributed by atoms with Crippen LogP contribution in [0.25, 0.3) is 0 Å². The highest BCUT2D eigenvalue weighted by molar-refractivity contribution is 7.87. The molecule has 1 rings (SSSR count). The van der Waals surface area contributed by atoms with E-state index in [-0.39, 0.29) is 6.42 Å². The summed E-state index contributed by atoms with van der Waals surface area (Å²) in [6.45, 7) is 0. The van der Waals surface area contributed by atoms with Gasteiger partial charge in [0, 0.05) is 25.4 Å².